The Kier molecular flexibility index (Phi) is 6.38. The van der Waals surface area contributed by atoms with E-state index >= 15 is 0 Å². The van der Waals surface area contributed by atoms with Crippen LogP contribution in [0.15, 0.2) is 17.5 Å². The normalized spacial score (nSPS) is 12.2. The highest BCUT2D eigenvalue weighted by molar-refractivity contribution is 7.10. The Hall–Kier alpha value is -0.0900. The predicted molar refractivity (Wildman–Crippen MR) is 54.8 cm³/mol. The molecule has 3 N–H and O–H groups in total. The van der Waals surface area contributed by atoms with Gasteiger partial charge in [0.15, 0.2) is 0 Å². The zero-order valence-electron chi connectivity index (χ0n) is 6.77. The van der Waals surface area contributed by atoms with Gasteiger partial charge < -0.3 is 10.8 Å². The fraction of sp³-hybridized carbons (Fsp3) is 0.500. The van der Waals surface area contributed by atoms with E-state index in [0.29, 0.717) is 0 Å². The van der Waals surface area contributed by atoms with Crippen LogP contribution in [0.3, 0.4) is 0 Å². The van der Waals surface area contributed by atoms with E-state index in [1.54, 1.807) is 11.3 Å². The Labute approximate surface area is 82.8 Å². The summed E-state index contributed by atoms with van der Waals surface area (Å²) in [6.45, 7) is 0.235. The fourth-order valence-corrected chi connectivity index (χ4v) is 1.72. The molecule has 0 saturated heterocycles. The van der Waals surface area contributed by atoms with Gasteiger partial charge >= 0.3 is 0 Å². The Bertz CT molecular complexity index is 191. The molecule has 0 aromatic carbocycles. The second-order valence-corrected chi connectivity index (χ2v) is 3.47. The molecule has 0 aliphatic rings. The summed E-state index contributed by atoms with van der Waals surface area (Å²) in [5, 5.41) is 10.6. The molecule has 0 radical (unpaired) electrons. The lowest BCUT2D eigenvalue weighted by molar-refractivity contribution is 0.280. The molecule has 1 aromatic heterocycles. The smallest absolute Gasteiger partial charge is 0.0431 e. The maximum atomic E-state index is 8.56. The molecule has 2 nitrogen and oxygen atoms in total. The van der Waals surface area contributed by atoms with Crippen LogP contribution in [-0.4, -0.2) is 11.7 Å². The van der Waals surface area contributed by atoms with Gasteiger partial charge in [-0.25, -0.2) is 0 Å². The molecule has 4 heteroatoms. The van der Waals surface area contributed by atoms with Gasteiger partial charge in [-0.1, -0.05) is 6.07 Å². The van der Waals surface area contributed by atoms with E-state index in [-0.39, 0.29) is 25.1 Å². The molecule has 1 atom stereocenters. The summed E-state index contributed by atoms with van der Waals surface area (Å²) < 4.78 is 0. The van der Waals surface area contributed by atoms with Crippen LogP contribution in [0.25, 0.3) is 0 Å². The van der Waals surface area contributed by atoms with Crippen LogP contribution in [0.4, 0.5) is 0 Å². The van der Waals surface area contributed by atoms with Crippen molar-refractivity contribution in [3.63, 3.8) is 0 Å². The maximum Gasteiger partial charge on any atom is 0.0431 e. The van der Waals surface area contributed by atoms with Crippen molar-refractivity contribution >= 4 is 23.7 Å². The van der Waals surface area contributed by atoms with Crippen molar-refractivity contribution in [1.29, 1.82) is 0 Å². The number of nitrogens with two attached hydrogens (primary N) is 1. The topological polar surface area (TPSA) is 46.2 Å². The first-order valence-electron chi connectivity index (χ1n) is 3.74. The molecule has 0 aliphatic carbocycles. The Morgan fingerprint density at radius 2 is 2.33 bits per heavy atom. The highest BCUT2D eigenvalue weighted by Gasteiger charge is 2.04. The van der Waals surface area contributed by atoms with E-state index < -0.39 is 0 Å². The lowest BCUT2D eigenvalue weighted by Gasteiger charge is -2.06. The van der Waals surface area contributed by atoms with Crippen molar-refractivity contribution < 1.29 is 5.11 Å². The van der Waals surface area contributed by atoms with E-state index in [9.17, 15) is 0 Å². The summed E-state index contributed by atoms with van der Waals surface area (Å²) in [6, 6.07) is 4.15. The summed E-state index contributed by atoms with van der Waals surface area (Å²) in [5.41, 5.74) is 5.82. The van der Waals surface area contributed by atoms with Crippen LogP contribution < -0.4 is 5.73 Å². The highest BCUT2D eigenvalue weighted by atomic mass is 35.5. The van der Waals surface area contributed by atoms with Gasteiger partial charge in [0.1, 0.15) is 0 Å². The minimum atomic E-state index is 0. The first kappa shape index (κ1) is 11.9. The number of aliphatic hydroxyl groups is 1. The van der Waals surface area contributed by atoms with Crippen molar-refractivity contribution in [3.8, 4) is 0 Å². The summed E-state index contributed by atoms with van der Waals surface area (Å²) in [5.74, 6) is 0. The second kappa shape index (κ2) is 6.43. The molecule has 1 heterocycles. The van der Waals surface area contributed by atoms with Gasteiger partial charge in [-0.2, -0.15) is 0 Å². The number of halogens is 1. The molecule has 0 spiro atoms. The van der Waals surface area contributed by atoms with Gasteiger partial charge in [-0.05, 0) is 24.3 Å². The van der Waals surface area contributed by atoms with Gasteiger partial charge in [0.2, 0.25) is 0 Å². The van der Waals surface area contributed by atoms with Crippen molar-refractivity contribution in [1.82, 2.24) is 0 Å². The lowest BCUT2D eigenvalue weighted by atomic mass is 10.1. The first-order valence-corrected chi connectivity index (χ1v) is 4.62. The Balaban J connectivity index is 0.00000121. The molecule has 1 rings (SSSR count). The summed E-state index contributed by atoms with van der Waals surface area (Å²) >= 11 is 1.67. The van der Waals surface area contributed by atoms with E-state index in [4.69, 9.17) is 10.8 Å². The quantitative estimate of drug-likeness (QED) is 0.793. The van der Waals surface area contributed by atoms with Crippen LogP contribution in [0.1, 0.15) is 23.8 Å². The summed E-state index contributed by atoms with van der Waals surface area (Å²) in [6.07, 6.45) is 1.66. The van der Waals surface area contributed by atoms with E-state index in [1.165, 1.54) is 4.88 Å². The Morgan fingerprint density at radius 3 is 2.83 bits per heavy atom. The zero-order chi connectivity index (χ0) is 8.10. The average molecular weight is 208 g/mol. The lowest BCUT2D eigenvalue weighted by Crippen LogP contribution is -2.08. The van der Waals surface area contributed by atoms with E-state index in [1.807, 2.05) is 17.5 Å². The third-order valence-electron chi connectivity index (χ3n) is 1.58. The number of thiophene rings is 1. The minimum absolute atomic E-state index is 0. The van der Waals surface area contributed by atoms with Crippen LogP contribution in [0.5, 0.6) is 0 Å². The molecule has 1 aromatic rings. The molecule has 0 aliphatic heterocycles. The molecule has 0 amide bonds. The van der Waals surface area contributed by atoms with Crippen LogP contribution in [0.2, 0.25) is 0 Å². The molecule has 0 fully saturated rings. The van der Waals surface area contributed by atoms with E-state index in [0.717, 1.165) is 12.8 Å². The molecule has 0 bridgehead atoms. The molecular formula is C8H14ClNOS. The predicted octanol–water partition coefficient (Wildman–Crippen LogP) is 1.94. The SMILES string of the molecule is Cl.N[C@H](CCCO)c1cccs1. The number of hydrogen-bond donors (Lipinski definition) is 2. The number of rotatable bonds is 4. The van der Waals surface area contributed by atoms with Crippen molar-refractivity contribution in [2.45, 2.75) is 18.9 Å². The van der Waals surface area contributed by atoms with Crippen molar-refractivity contribution in [2.75, 3.05) is 6.61 Å². The first-order chi connectivity index (χ1) is 5.34. The number of hydrogen-bond acceptors (Lipinski definition) is 3. The molecule has 0 unspecified atom stereocenters. The average Bonchev–Trinajstić information content (AvgIpc) is 2.52. The number of aliphatic hydroxyl groups excluding tert-OH is 1. The van der Waals surface area contributed by atoms with Gasteiger partial charge in [-0.3, -0.25) is 0 Å². The maximum absolute atomic E-state index is 8.56. The molecule has 70 valence electrons. The standard InChI is InChI=1S/C8H13NOS.ClH/c9-7(3-1-5-10)8-4-2-6-11-8;/h2,4,6-7,10H,1,3,5,9H2;1H/t7-;/m1./s1. The molecular weight excluding hydrogens is 194 g/mol. The third-order valence-corrected chi connectivity index (χ3v) is 2.59. The molecule has 12 heavy (non-hydrogen) atoms. The van der Waals surface area contributed by atoms with Crippen LogP contribution >= 0.6 is 23.7 Å². The van der Waals surface area contributed by atoms with E-state index in [2.05, 4.69) is 0 Å². The van der Waals surface area contributed by atoms with Crippen molar-refractivity contribution in [3.05, 3.63) is 22.4 Å². The van der Waals surface area contributed by atoms with Crippen molar-refractivity contribution in [2.24, 2.45) is 5.73 Å². The largest absolute Gasteiger partial charge is 0.396 e. The minimum Gasteiger partial charge on any atom is -0.396 e. The monoisotopic (exact) mass is 207 g/mol. The van der Waals surface area contributed by atoms with Crippen LogP contribution in [0, 0.1) is 0 Å². The van der Waals surface area contributed by atoms with Crippen LogP contribution in [-0.2, 0) is 0 Å². The van der Waals surface area contributed by atoms with Gasteiger partial charge in [-0.15, -0.1) is 23.7 Å². The highest BCUT2D eigenvalue weighted by Crippen LogP contribution is 2.20. The van der Waals surface area contributed by atoms with Gasteiger partial charge in [0.05, 0.1) is 0 Å². The fourth-order valence-electron chi connectivity index (χ4n) is 0.956. The third kappa shape index (κ3) is 3.54. The second-order valence-electron chi connectivity index (χ2n) is 2.49. The summed E-state index contributed by atoms with van der Waals surface area (Å²) in [4.78, 5) is 1.21. The zero-order valence-corrected chi connectivity index (χ0v) is 8.40. The summed E-state index contributed by atoms with van der Waals surface area (Å²) in [7, 11) is 0. The Morgan fingerprint density at radius 1 is 1.58 bits per heavy atom. The van der Waals surface area contributed by atoms with Gasteiger partial charge in [0.25, 0.3) is 0 Å². The molecule has 0 saturated carbocycles. The van der Waals surface area contributed by atoms with Gasteiger partial charge in [0, 0.05) is 17.5 Å².